The fourth-order valence-corrected chi connectivity index (χ4v) is 5.85. The average Bonchev–Trinajstić information content (AvgIpc) is 3.20. The van der Waals surface area contributed by atoms with Crippen LogP contribution < -0.4 is 4.90 Å². The number of hydrogen-bond donors (Lipinski definition) is 0. The van der Waals surface area contributed by atoms with Gasteiger partial charge in [0.2, 0.25) is 5.91 Å². The van der Waals surface area contributed by atoms with Gasteiger partial charge in [0.15, 0.2) is 15.0 Å². The van der Waals surface area contributed by atoms with Crippen LogP contribution in [0.1, 0.15) is 23.1 Å². The van der Waals surface area contributed by atoms with Gasteiger partial charge < -0.3 is 0 Å². The Hall–Kier alpha value is -3.03. The minimum absolute atomic E-state index is 0.0692. The van der Waals surface area contributed by atoms with Gasteiger partial charge in [-0.15, -0.1) is 0 Å². The van der Waals surface area contributed by atoms with Gasteiger partial charge in [-0.05, 0) is 35.7 Å². The summed E-state index contributed by atoms with van der Waals surface area (Å²) in [6.45, 7) is 2.36. The first-order valence-electron chi connectivity index (χ1n) is 10.4. The van der Waals surface area contributed by atoms with E-state index in [9.17, 15) is 13.2 Å². The van der Waals surface area contributed by atoms with Gasteiger partial charge in [0.1, 0.15) is 0 Å². The summed E-state index contributed by atoms with van der Waals surface area (Å²) < 4.78 is 26.2. The van der Waals surface area contributed by atoms with E-state index in [-0.39, 0.29) is 23.8 Å². The lowest BCUT2D eigenvalue weighted by molar-refractivity contribution is -0.118. The molecule has 4 aromatic rings. The molecule has 0 spiro atoms. The molecule has 0 aliphatic carbocycles. The van der Waals surface area contributed by atoms with Crippen molar-refractivity contribution in [1.82, 2.24) is 4.98 Å². The number of benzene rings is 3. The Morgan fingerprint density at radius 3 is 2.28 bits per heavy atom. The minimum atomic E-state index is -3.41. The van der Waals surface area contributed by atoms with Crippen molar-refractivity contribution in [3.8, 4) is 0 Å². The summed E-state index contributed by atoms with van der Waals surface area (Å²) in [6.07, 6.45) is -0.0864. The number of anilines is 1. The van der Waals surface area contributed by atoms with E-state index < -0.39 is 9.84 Å². The summed E-state index contributed by atoms with van der Waals surface area (Å²) in [4.78, 5) is 19.5. The molecule has 4 rings (SSSR count). The van der Waals surface area contributed by atoms with Crippen molar-refractivity contribution in [3.05, 3.63) is 95.6 Å². The van der Waals surface area contributed by atoms with Crippen LogP contribution >= 0.6 is 11.3 Å². The number of sulfone groups is 1. The van der Waals surface area contributed by atoms with Gasteiger partial charge in [0.05, 0.1) is 28.3 Å². The smallest absolute Gasteiger partial charge is 0.230 e. The summed E-state index contributed by atoms with van der Waals surface area (Å²) in [5.41, 5.74) is 3.64. The molecule has 0 bridgehead atoms. The summed E-state index contributed by atoms with van der Waals surface area (Å²) in [7, 11) is -3.41. The largest absolute Gasteiger partial charge is 0.284 e. The molecule has 1 amide bonds. The molecule has 0 saturated carbocycles. The second kappa shape index (κ2) is 9.63. The average molecular weight is 465 g/mol. The number of carbonyl (C=O) groups is 1. The lowest BCUT2D eigenvalue weighted by Gasteiger charge is -2.20. The maximum Gasteiger partial charge on any atom is 0.230 e. The Kier molecular flexibility index (Phi) is 6.67. The monoisotopic (exact) mass is 464 g/mol. The van der Waals surface area contributed by atoms with Gasteiger partial charge >= 0.3 is 0 Å². The first-order valence-corrected chi connectivity index (χ1v) is 13.0. The van der Waals surface area contributed by atoms with Gasteiger partial charge in [0.25, 0.3) is 0 Å². The molecule has 0 atom stereocenters. The first-order chi connectivity index (χ1) is 15.4. The molecular formula is C25H24N2O3S2. The van der Waals surface area contributed by atoms with E-state index in [0.717, 1.165) is 26.9 Å². The predicted molar refractivity (Wildman–Crippen MR) is 131 cm³/mol. The number of amides is 1. The molecule has 32 heavy (non-hydrogen) atoms. The topological polar surface area (TPSA) is 67.3 Å². The number of nitrogens with zero attached hydrogens (tertiary/aromatic N) is 2. The van der Waals surface area contributed by atoms with Crippen LogP contribution in [0.2, 0.25) is 0 Å². The Morgan fingerprint density at radius 1 is 0.938 bits per heavy atom. The number of fused-ring (bicyclic) bond motifs is 1. The molecule has 0 radical (unpaired) electrons. The number of hydrogen-bond acceptors (Lipinski definition) is 5. The van der Waals surface area contributed by atoms with Crippen molar-refractivity contribution >= 4 is 42.4 Å². The first kappa shape index (κ1) is 22.2. The molecular weight excluding hydrogens is 440 g/mol. The van der Waals surface area contributed by atoms with Gasteiger partial charge in [-0.1, -0.05) is 78.1 Å². The summed E-state index contributed by atoms with van der Waals surface area (Å²) in [5.74, 6) is -0.516. The number of carbonyl (C=O) groups excluding carboxylic acids is 1. The van der Waals surface area contributed by atoms with Crippen LogP contribution in [0, 0.1) is 6.92 Å². The van der Waals surface area contributed by atoms with Crippen molar-refractivity contribution in [2.75, 3.05) is 10.7 Å². The molecule has 1 aromatic heterocycles. The Morgan fingerprint density at radius 2 is 1.59 bits per heavy atom. The van der Waals surface area contributed by atoms with E-state index in [0.29, 0.717) is 11.7 Å². The number of thiazole rings is 1. The van der Waals surface area contributed by atoms with E-state index in [2.05, 4.69) is 4.98 Å². The van der Waals surface area contributed by atoms with Crippen molar-refractivity contribution in [2.45, 2.75) is 25.6 Å². The zero-order valence-corrected chi connectivity index (χ0v) is 19.4. The van der Waals surface area contributed by atoms with Gasteiger partial charge in [-0.2, -0.15) is 0 Å². The molecule has 3 aromatic carbocycles. The third-order valence-electron chi connectivity index (χ3n) is 5.10. The van der Waals surface area contributed by atoms with Crippen LogP contribution in [0.15, 0.2) is 78.9 Å². The second-order valence-corrected chi connectivity index (χ2v) is 11.0. The molecule has 5 nitrogen and oxygen atoms in total. The minimum Gasteiger partial charge on any atom is -0.284 e. The Balaban J connectivity index is 1.55. The van der Waals surface area contributed by atoms with E-state index in [1.807, 2.05) is 73.7 Å². The third kappa shape index (κ3) is 5.60. The highest BCUT2D eigenvalue weighted by Gasteiger charge is 2.23. The Bertz CT molecular complexity index is 1320. The fraction of sp³-hybridized carbons (Fsp3) is 0.200. The van der Waals surface area contributed by atoms with Crippen LogP contribution in [0.5, 0.6) is 0 Å². The van der Waals surface area contributed by atoms with Gasteiger partial charge in [0, 0.05) is 6.42 Å². The SMILES string of the molecule is Cc1ccc2nc(N(Cc3ccccc3)C(=O)CCS(=O)(=O)Cc3ccccc3)sc2c1. The maximum absolute atomic E-state index is 13.2. The van der Waals surface area contributed by atoms with Crippen LogP contribution in [0.3, 0.4) is 0 Å². The maximum atomic E-state index is 13.2. The normalized spacial score (nSPS) is 11.5. The Labute approximate surface area is 192 Å². The van der Waals surface area contributed by atoms with E-state index >= 15 is 0 Å². The lowest BCUT2D eigenvalue weighted by Crippen LogP contribution is -2.31. The number of rotatable bonds is 8. The lowest BCUT2D eigenvalue weighted by atomic mass is 10.2. The zero-order chi connectivity index (χ0) is 22.6. The van der Waals surface area contributed by atoms with E-state index in [1.54, 1.807) is 17.0 Å². The summed E-state index contributed by atoms with van der Waals surface area (Å²) in [6, 6.07) is 24.7. The molecule has 0 N–H and O–H groups in total. The quantitative estimate of drug-likeness (QED) is 0.362. The fourth-order valence-electron chi connectivity index (χ4n) is 3.44. The van der Waals surface area contributed by atoms with Crippen molar-refractivity contribution < 1.29 is 13.2 Å². The molecule has 0 saturated heterocycles. The van der Waals surface area contributed by atoms with E-state index in [1.165, 1.54) is 11.3 Å². The summed E-state index contributed by atoms with van der Waals surface area (Å²) in [5, 5.41) is 0.583. The standard InChI is InChI=1S/C25H24N2O3S2/c1-19-12-13-22-23(16-19)31-25(26-22)27(17-20-8-4-2-5-9-20)24(28)14-15-32(29,30)18-21-10-6-3-7-11-21/h2-13,16H,14-15,17-18H2,1H3. The molecule has 0 fully saturated rings. The zero-order valence-electron chi connectivity index (χ0n) is 17.8. The highest BCUT2D eigenvalue weighted by molar-refractivity contribution is 7.90. The van der Waals surface area contributed by atoms with Crippen molar-refractivity contribution in [3.63, 3.8) is 0 Å². The van der Waals surface area contributed by atoms with Gasteiger partial charge in [-0.25, -0.2) is 13.4 Å². The molecule has 0 unspecified atom stereocenters. The van der Waals surface area contributed by atoms with Crippen LogP contribution in [0.4, 0.5) is 5.13 Å². The molecule has 0 aliphatic heterocycles. The molecule has 7 heteroatoms. The predicted octanol–water partition coefficient (Wildman–Crippen LogP) is 5.14. The molecule has 164 valence electrons. The molecule has 0 aliphatic rings. The van der Waals surface area contributed by atoms with Crippen LogP contribution in [0.25, 0.3) is 10.2 Å². The highest BCUT2D eigenvalue weighted by atomic mass is 32.2. The third-order valence-corrected chi connectivity index (χ3v) is 7.74. The van der Waals surface area contributed by atoms with E-state index in [4.69, 9.17) is 0 Å². The number of aromatic nitrogens is 1. The van der Waals surface area contributed by atoms with Crippen LogP contribution in [-0.4, -0.2) is 25.1 Å². The van der Waals surface area contributed by atoms with Crippen molar-refractivity contribution in [2.24, 2.45) is 0 Å². The highest BCUT2D eigenvalue weighted by Crippen LogP contribution is 2.31. The second-order valence-electron chi connectivity index (χ2n) is 7.76. The summed E-state index contributed by atoms with van der Waals surface area (Å²) >= 11 is 1.45. The van der Waals surface area contributed by atoms with Crippen molar-refractivity contribution in [1.29, 1.82) is 0 Å². The molecule has 1 heterocycles. The van der Waals surface area contributed by atoms with Crippen LogP contribution in [-0.2, 0) is 26.9 Å². The van der Waals surface area contributed by atoms with Gasteiger partial charge in [-0.3, -0.25) is 9.69 Å². The number of aryl methyl sites for hydroxylation is 1.